The summed E-state index contributed by atoms with van der Waals surface area (Å²) in [6, 6.07) is 7.68. The van der Waals surface area contributed by atoms with Crippen molar-refractivity contribution in [3.8, 4) is 11.1 Å². The van der Waals surface area contributed by atoms with E-state index in [0.29, 0.717) is 18.8 Å². The van der Waals surface area contributed by atoms with Gasteiger partial charge in [0, 0.05) is 12.8 Å². The maximum absolute atomic E-state index is 12.8. The molecule has 2 N–H and O–H groups in total. The number of ether oxygens (including phenoxy) is 1. The third kappa shape index (κ3) is 2.94. The molecule has 26 heavy (non-hydrogen) atoms. The van der Waals surface area contributed by atoms with Gasteiger partial charge in [-0.25, -0.2) is 4.98 Å². The minimum absolute atomic E-state index is 0.0419. The Morgan fingerprint density at radius 2 is 2.12 bits per heavy atom. The van der Waals surface area contributed by atoms with Crippen LogP contribution in [0.1, 0.15) is 30.9 Å². The molecular formula is C19H20N4O3. The van der Waals surface area contributed by atoms with E-state index in [1.54, 1.807) is 17.1 Å². The van der Waals surface area contributed by atoms with E-state index in [1.807, 2.05) is 24.3 Å². The molecule has 7 nitrogen and oxygen atoms in total. The second-order valence-corrected chi connectivity index (χ2v) is 6.83. The number of hydrogen-bond acceptors (Lipinski definition) is 5. The molecule has 1 aromatic heterocycles. The molecule has 1 saturated carbocycles. The molecule has 1 aromatic carbocycles. The Labute approximate surface area is 150 Å². The number of aromatic nitrogens is 2. The van der Waals surface area contributed by atoms with Crippen molar-refractivity contribution >= 4 is 12.1 Å². The van der Waals surface area contributed by atoms with Gasteiger partial charge in [0.15, 0.2) is 0 Å². The zero-order valence-electron chi connectivity index (χ0n) is 14.3. The zero-order chi connectivity index (χ0) is 18.1. The summed E-state index contributed by atoms with van der Waals surface area (Å²) >= 11 is 0. The van der Waals surface area contributed by atoms with Crippen molar-refractivity contribution in [1.29, 1.82) is 5.41 Å². The standard InChI is InChI=1S/C19H20N4O3/c20-9-17(24)22-19(6-7-19)14-3-1-13(2-4-14)16-10-21-12-23(18(16)25)15-5-8-26-11-15/h1-4,9-10,12,15,20H,5-8,11H2,(H,22,24). The minimum atomic E-state index is -0.388. The first-order valence-electron chi connectivity index (χ1n) is 8.70. The van der Waals surface area contributed by atoms with Crippen molar-refractivity contribution in [1.82, 2.24) is 14.9 Å². The van der Waals surface area contributed by atoms with Gasteiger partial charge in [-0.3, -0.25) is 14.2 Å². The van der Waals surface area contributed by atoms with Crippen molar-refractivity contribution in [2.45, 2.75) is 30.8 Å². The van der Waals surface area contributed by atoms with E-state index in [-0.39, 0.29) is 23.0 Å². The molecule has 2 aliphatic rings. The number of benzene rings is 1. The number of rotatable bonds is 5. The Kier molecular flexibility index (Phi) is 4.16. The van der Waals surface area contributed by atoms with Gasteiger partial charge in [-0.05, 0) is 30.4 Å². The summed E-state index contributed by atoms with van der Waals surface area (Å²) in [4.78, 5) is 28.6. The molecule has 1 saturated heterocycles. The lowest BCUT2D eigenvalue weighted by atomic mass is 10.0. The van der Waals surface area contributed by atoms with Gasteiger partial charge in [0.2, 0.25) is 0 Å². The normalized spacial score (nSPS) is 20.5. The molecule has 0 spiro atoms. The fourth-order valence-corrected chi connectivity index (χ4v) is 3.48. The number of carbonyl (C=O) groups is 1. The lowest BCUT2D eigenvalue weighted by Crippen LogP contribution is -2.35. The first-order valence-corrected chi connectivity index (χ1v) is 8.70. The van der Waals surface area contributed by atoms with Crippen molar-refractivity contribution < 1.29 is 9.53 Å². The Bertz CT molecular complexity index is 894. The van der Waals surface area contributed by atoms with Crippen LogP contribution >= 0.6 is 0 Å². The van der Waals surface area contributed by atoms with Crippen LogP contribution in [0.3, 0.4) is 0 Å². The number of amides is 1. The van der Waals surface area contributed by atoms with Crippen LogP contribution in [0.5, 0.6) is 0 Å². The van der Waals surface area contributed by atoms with Crippen LogP contribution < -0.4 is 10.9 Å². The molecule has 134 valence electrons. The highest BCUT2D eigenvalue weighted by Gasteiger charge is 2.45. The summed E-state index contributed by atoms with van der Waals surface area (Å²) in [6.45, 7) is 1.21. The largest absolute Gasteiger partial charge is 0.379 e. The molecular weight excluding hydrogens is 332 g/mol. The van der Waals surface area contributed by atoms with E-state index in [9.17, 15) is 9.59 Å². The summed E-state index contributed by atoms with van der Waals surface area (Å²) in [7, 11) is 0. The fraction of sp³-hybridized carbons (Fsp3) is 0.368. The van der Waals surface area contributed by atoms with E-state index >= 15 is 0 Å². The maximum Gasteiger partial charge on any atom is 0.262 e. The number of nitrogens with one attached hydrogen (secondary N) is 2. The number of nitrogens with zero attached hydrogens (tertiary/aromatic N) is 2. The van der Waals surface area contributed by atoms with Crippen molar-refractivity contribution in [3.05, 3.63) is 52.7 Å². The molecule has 2 fully saturated rings. The van der Waals surface area contributed by atoms with Crippen LogP contribution in [0.25, 0.3) is 11.1 Å². The molecule has 2 aromatic rings. The SMILES string of the molecule is N=CC(=O)NC1(c2ccc(-c3cncn(C4CCOC4)c3=O)cc2)CC1. The second kappa shape index (κ2) is 6.49. The van der Waals surface area contributed by atoms with Gasteiger partial charge >= 0.3 is 0 Å². The lowest BCUT2D eigenvalue weighted by molar-refractivity contribution is -0.115. The van der Waals surface area contributed by atoms with Gasteiger partial charge in [0.1, 0.15) is 0 Å². The Hall–Kier alpha value is -2.80. The second-order valence-electron chi connectivity index (χ2n) is 6.83. The number of carbonyl (C=O) groups excluding carboxylic acids is 1. The molecule has 0 radical (unpaired) electrons. The average Bonchev–Trinajstić information content (AvgIpc) is 3.24. The molecule has 1 unspecified atom stereocenters. The summed E-state index contributed by atoms with van der Waals surface area (Å²) in [5.41, 5.74) is 1.91. The van der Waals surface area contributed by atoms with Gasteiger partial charge in [0.05, 0.1) is 36.3 Å². The fourth-order valence-electron chi connectivity index (χ4n) is 3.48. The smallest absolute Gasteiger partial charge is 0.262 e. The molecule has 7 heteroatoms. The summed E-state index contributed by atoms with van der Waals surface area (Å²) < 4.78 is 7.03. The molecule has 2 heterocycles. The first kappa shape index (κ1) is 16.7. The van der Waals surface area contributed by atoms with E-state index < -0.39 is 0 Å². The zero-order valence-corrected chi connectivity index (χ0v) is 14.3. The quantitative estimate of drug-likeness (QED) is 0.799. The van der Waals surface area contributed by atoms with Crippen LogP contribution in [0, 0.1) is 5.41 Å². The monoisotopic (exact) mass is 352 g/mol. The van der Waals surface area contributed by atoms with Gasteiger partial charge < -0.3 is 15.5 Å². The first-order chi connectivity index (χ1) is 12.6. The van der Waals surface area contributed by atoms with Crippen LogP contribution in [-0.4, -0.2) is 34.9 Å². The van der Waals surface area contributed by atoms with Gasteiger partial charge in [-0.1, -0.05) is 24.3 Å². The molecule has 0 bridgehead atoms. The van der Waals surface area contributed by atoms with E-state index in [2.05, 4.69) is 10.3 Å². The summed E-state index contributed by atoms with van der Waals surface area (Å²) in [6.07, 6.45) is 6.48. The Morgan fingerprint density at radius 1 is 1.35 bits per heavy atom. The van der Waals surface area contributed by atoms with Gasteiger partial charge in [-0.15, -0.1) is 0 Å². The Morgan fingerprint density at radius 3 is 2.73 bits per heavy atom. The van der Waals surface area contributed by atoms with Crippen molar-refractivity contribution in [2.75, 3.05) is 13.2 Å². The third-order valence-corrected chi connectivity index (χ3v) is 5.15. The van der Waals surface area contributed by atoms with Crippen LogP contribution in [0.15, 0.2) is 41.6 Å². The highest BCUT2D eigenvalue weighted by molar-refractivity contribution is 6.25. The predicted molar refractivity (Wildman–Crippen MR) is 96.2 cm³/mol. The summed E-state index contributed by atoms with van der Waals surface area (Å²) in [5, 5.41) is 9.93. The maximum atomic E-state index is 12.8. The van der Waals surface area contributed by atoms with E-state index in [0.717, 1.165) is 36.6 Å². The topological polar surface area (TPSA) is 97.1 Å². The average molecular weight is 352 g/mol. The molecule has 1 aliphatic heterocycles. The van der Waals surface area contributed by atoms with Crippen LogP contribution in [0.2, 0.25) is 0 Å². The highest BCUT2D eigenvalue weighted by atomic mass is 16.5. The molecule has 1 amide bonds. The lowest BCUT2D eigenvalue weighted by Gasteiger charge is -2.17. The summed E-state index contributed by atoms with van der Waals surface area (Å²) in [5.74, 6) is -0.388. The third-order valence-electron chi connectivity index (χ3n) is 5.15. The van der Waals surface area contributed by atoms with Crippen LogP contribution in [0.4, 0.5) is 0 Å². The number of hydrogen-bond donors (Lipinski definition) is 2. The minimum Gasteiger partial charge on any atom is -0.379 e. The van der Waals surface area contributed by atoms with Gasteiger partial charge in [-0.2, -0.15) is 0 Å². The van der Waals surface area contributed by atoms with E-state index in [4.69, 9.17) is 10.1 Å². The molecule has 4 rings (SSSR count). The van der Waals surface area contributed by atoms with Crippen molar-refractivity contribution in [3.63, 3.8) is 0 Å². The van der Waals surface area contributed by atoms with Crippen LogP contribution in [-0.2, 0) is 15.1 Å². The molecule has 1 aliphatic carbocycles. The van der Waals surface area contributed by atoms with Gasteiger partial charge in [0.25, 0.3) is 11.5 Å². The van der Waals surface area contributed by atoms with E-state index in [1.165, 1.54) is 0 Å². The van der Waals surface area contributed by atoms with Crippen molar-refractivity contribution in [2.24, 2.45) is 0 Å². The highest BCUT2D eigenvalue weighted by Crippen LogP contribution is 2.45. The predicted octanol–water partition coefficient (Wildman–Crippen LogP) is 1.63. The molecule has 1 atom stereocenters. The Balaban J connectivity index is 1.62.